The molecule has 0 aromatic carbocycles. The van der Waals surface area contributed by atoms with Gasteiger partial charge in [0.15, 0.2) is 5.78 Å². The van der Waals surface area contributed by atoms with E-state index in [0.29, 0.717) is 26.2 Å². The summed E-state index contributed by atoms with van der Waals surface area (Å²) in [6, 6.07) is 0. The zero-order valence-corrected chi connectivity index (χ0v) is 13.1. The molecule has 0 amide bonds. The van der Waals surface area contributed by atoms with E-state index in [0.717, 1.165) is 0 Å². The highest BCUT2D eigenvalue weighted by atomic mass is 16.6. The van der Waals surface area contributed by atoms with Crippen molar-refractivity contribution in [2.24, 2.45) is 11.8 Å². The van der Waals surface area contributed by atoms with Crippen LogP contribution in [0.1, 0.15) is 48.0 Å². The van der Waals surface area contributed by atoms with E-state index in [1.807, 2.05) is 27.7 Å². The maximum atomic E-state index is 11.9. The van der Waals surface area contributed by atoms with Crippen LogP contribution in [0.2, 0.25) is 0 Å². The molecule has 0 aliphatic rings. The number of ketones is 1. The Bertz CT molecular complexity index is 275. The Labute approximate surface area is 116 Å². The van der Waals surface area contributed by atoms with Gasteiger partial charge in [-0.3, -0.25) is 4.79 Å². The van der Waals surface area contributed by atoms with Gasteiger partial charge in [0.25, 0.3) is 0 Å². The zero-order chi connectivity index (χ0) is 15.1. The molecule has 0 aliphatic carbocycles. The molecule has 0 fully saturated rings. The molecule has 0 spiro atoms. The van der Waals surface area contributed by atoms with Crippen LogP contribution in [0.3, 0.4) is 0 Å². The molecule has 0 aromatic heterocycles. The number of nitrogens with two attached hydrogens (primary N) is 1. The first-order valence-corrected chi connectivity index (χ1v) is 6.76. The largest absolute Gasteiger partial charge is 0.373 e. The van der Waals surface area contributed by atoms with Gasteiger partial charge >= 0.3 is 0 Å². The lowest BCUT2D eigenvalue weighted by molar-refractivity contribution is -0.148. The molecule has 0 radical (unpaired) electrons. The predicted molar refractivity (Wildman–Crippen MR) is 74.7 cm³/mol. The standard InChI is InChI=1S/C14H29NO4/c1-11(2)12(16)14(5,6)18-10-9-17-13(3,4)7-8-19-15/h11H,7-10,15H2,1-6H3. The van der Waals surface area contributed by atoms with E-state index in [1.54, 1.807) is 13.8 Å². The zero-order valence-electron chi connectivity index (χ0n) is 13.1. The lowest BCUT2D eigenvalue weighted by Crippen LogP contribution is -2.39. The summed E-state index contributed by atoms with van der Waals surface area (Å²) in [6.45, 7) is 12.5. The Morgan fingerprint density at radius 3 is 2.05 bits per heavy atom. The van der Waals surface area contributed by atoms with Crippen molar-refractivity contribution in [1.82, 2.24) is 0 Å². The Morgan fingerprint density at radius 1 is 1.05 bits per heavy atom. The summed E-state index contributed by atoms with van der Waals surface area (Å²) in [5, 5.41) is 0. The molecule has 5 nitrogen and oxygen atoms in total. The number of hydrogen-bond acceptors (Lipinski definition) is 5. The van der Waals surface area contributed by atoms with Crippen molar-refractivity contribution in [3.05, 3.63) is 0 Å². The van der Waals surface area contributed by atoms with Crippen LogP contribution in [0, 0.1) is 5.92 Å². The SMILES string of the molecule is CC(C)C(=O)C(C)(C)OCCOC(C)(C)CCON. The van der Waals surface area contributed by atoms with Crippen LogP contribution >= 0.6 is 0 Å². The average Bonchev–Trinajstić information content (AvgIpc) is 2.31. The predicted octanol–water partition coefficient (Wildman–Crippen LogP) is 2.08. The highest BCUT2D eigenvalue weighted by molar-refractivity contribution is 5.88. The summed E-state index contributed by atoms with van der Waals surface area (Å²) in [4.78, 5) is 16.4. The van der Waals surface area contributed by atoms with E-state index < -0.39 is 5.60 Å². The summed E-state index contributed by atoms with van der Waals surface area (Å²) < 4.78 is 11.3. The third kappa shape index (κ3) is 7.62. The van der Waals surface area contributed by atoms with Gasteiger partial charge in [-0.25, -0.2) is 5.90 Å². The van der Waals surface area contributed by atoms with Gasteiger partial charge in [-0.2, -0.15) is 0 Å². The molecule has 0 saturated carbocycles. The van der Waals surface area contributed by atoms with Gasteiger partial charge < -0.3 is 14.3 Å². The number of ether oxygens (including phenoxy) is 2. The van der Waals surface area contributed by atoms with Gasteiger partial charge in [-0.1, -0.05) is 13.8 Å². The second-order valence-corrected chi connectivity index (χ2v) is 6.11. The molecule has 114 valence electrons. The quantitative estimate of drug-likeness (QED) is 0.488. The normalized spacial score (nSPS) is 13.1. The van der Waals surface area contributed by atoms with Crippen molar-refractivity contribution in [2.45, 2.75) is 59.2 Å². The average molecular weight is 275 g/mol. The van der Waals surface area contributed by atoms with E-state index >= 15 is 0 Å². The van der Waals surface area contributed by atoms with Crippen LogP contribution in [0.25, 0.3) is 0 Å². The number of carbonyl (C=O) groups is 1. The minimum atomic E-state index is -0.762. The highest BCUT2D eigenvalue weighted by Gasteiger charge is 2.30. The van der Waals surface area contributed by atoms with Crippen molar-refractivity contribution >= 4 is 5.78 Å². The van der Waals surface area contributed by atoms with E-state index in [-0.39, 0.29) is 17.3 Å². The molecule has 0 aliphatic heterocycles. The van der Waals surface area contributed by atoms with E-state index in [2.05, 4.69) is 4.84 Å². The summed E-state index contributed by atoms with van der Waals surface area (Å²) in [7, 11) is 0. The number of Topliss-reactive ketones (excluding diaryl/α,β-unsaturated/α-hetero) is 1. The number of rotatable bonds is 10. The molecule has 0 rings (SSSR count). The lowest BCUT2D eigenvalue weighted by atomic mass is 9.94. The third-order valence-corrected chi connectivity index (χ3v) is 2.98. The van der Waals surface area contributed by atoms with Crippen molar-refractivity contribution in [3.63, 3.8) is 0 Å². The van der Waals surface area contributed by atoms with Crippen LogP contribution in [0.5, 0.6) is 0 Å². The summed E-state index contributed by atoms with van der Waals surface area (Å²) >= 11 is 0. The molecule has 0 aromatic rings. The molecule has 0 unspecified atom stereocenters. The van der Waals surface area contributed by atoms with Gasteiger partial charge in [0.2, 0.25) is 0 Å². The van der Waals surface area contributed by atoms with Crippen LogP contribution in [0.4, 0.5) is 0 Å². The second kappa shape index (κ2) is 7.94. The van der Waals surface area contributed by atoms with Crippen molar-refractivity contribution in [3.8, 4) is 0 Å². The van der Waals surface area contributed by atoms with Crippen LogP contribution in [-0.4, -0.2) is 36.8 Å². The lowest BCUT2D eigenvalue weighted by Gasteiger charge is -2.28. The van der Waals surface area contributed by atoms with E-state index in [9.17, 15) is 4.79 Å². The minimum Gasteiger partial charge on any atom is -0.373 e. The summed E-state index contributed by atoms with van der Waals surface area (Å²) in [5.74, 6) is 5.06. The fourth-order valence-corrected chi connectivity index (χ4v) is 1.76. The Balaban J connectivity index is 4.00. The molecule has 19 heavy (non-hydrogen) atoms. The molecule has 5 heteroatoms. The Hall–Kier alpha value is -0.490. The van der Waals surface area contributed by atoms with Crippen molar-refractivity contribution < 1.29 is 19.1 Å². The third-order valence-electron chi connectivity index (χ3n) is 2.98. The van der Waals surface area contributed by atoms with E-state index in [1.165, 1.54) is 0 Å². The van der Waals surface area contributed by atoms with Gasteiger partial charge in [0.1, 0.15) is 5.60 Å². The van der Waals surface area contributed by atoms with Crippen LogP contribution < -0.4 is 5.90 Å². The minimum absolute atomic E-state index is 0.0333. The monoisotopic (exact) mass is 275 g/mol. The summed E-state index contributed by atoms with van der Waals surface area (Å²) in [5.41, 5.74) is -1.07. The van der Waals surface area contributed by atoms with Gasteiger partial charge in [0.05, 0.1) is 25.4 Å². The smallest absolute Gasteiger partial charge is 0.166 e. The molecule has 2 N–H and O–H groups in total. The maximum Gasteiger partial charge on any atom is 0.166 e. The fourth-order valence-electron chi connectivity index (χ4n) is 1.76. The molecule has 0 heterocycles. The topological polar surface area (TPSA) is 70.8 Å². The second-order valence-electron chi connectivity index (χ2n) is 6.11. The Kier molecular flexibility index (Phi) is 7.74. The van der Waals surface area contributed by atoms with Gasteiger partial charge in [0, 0.05) is 12.3 Å². The highest BCUT2D eigenvalue weighted by Crippen LogP contribution is 2.17. The van der Waals surface area contributed by atoms with Crippen molar-refractivity contribution in [2.75, 3.05) is 19.8 Å². The molecular formula is C14H29NO4. The first-order chi connectivity index (χ1) is 8.62. The van der Waals surface area contributed by atoms with Crippen LogP contribution in [-0.2, 0) is 19.1 Å². The maximum absolute atomic E-state index is 11.9. The molecule has 0 atom stereocenters. The fraction of sp³-hybridized carbons (Fsp3) is 0.929. The molecule has 0 bridgehead atoms. The van der Waals surface area contributed by atoms with Crippen LogP contribution in [0.15, 0.2) is 0 Å². The molecule has 0 saturated heterocycles. The molecular weight excluding hydrogens is 246 g/mol. The first-order valence-electron chi connectivity index (χ1n) is 6.76. The summed E-state index contributed by atoms with van der Waals surface area (Å²) in [6.07, 6.45) is 0.706. The number of carbonyl (C=O) groups excluding carboxylic acids is 1. The Morgan fingerprint density at radius 2 is 1.58 bits per heavy atom. The number of hydrogen-bond donors (Lipinski definition) is 1. The van der Waals surface area contributed by atoms with E-state index in [4.69, 9.17) is 15.4 Å². The van der Waals surface area contributed by atoms with Crippen molar-refractivity contribution in [1.29, 1.82) is 0 Å². The first kappa shape index (κ1) is 18.5. The van der Waals surface area contributed by atoms with Gasteiger partial charge in [-0.15, -0.1) is 0 Å². The van der Waals surface area contributed by atoms with Gasteiger partial charge in [-0.05, 0) is 27.7 Å².